The summed E-state index contributed by atoms with van der Waals surface area (Å²) in [5, 5.41) is 6.07. The van der Waals surface area contributed by atoms with Crippen molar-refractivity contribution < 1.29 is 14.1 Å². The number of methoxy groups -OCH3 is 1. The van der Waals surface area contributed by atoms with Crippen LogP contribution >= 0.6 is 0 Å². The number of esters is 1. The SMILES string of the molecule is COC(=O)Cc1nc(-c2cccc3ccccc23)no1. The Balaban J connectivity index is 2.01. The van der Waals surface area contributed by atoms with E-state index in [0.717, 1.165) is 16.3 Å². The van der Waals surface area contributed by atoms with Gasteiger partial charge in [0.1, 0.15) is 6.42 Å². The maximum Gasteiger partial charge on any atom is 0.315 e. The van der Waals surface area contributed by atoms with Crippen molar-refractivity contribution >= 4 is 16.7 Å². The van der Waals surface area contributed by atoms with E-state index in [0.29, 0.717) is 5.82 Å². The molecule has 0 radical (unpaired) electrons. The molecule has 1 aromatic heterocycles. The normalized spacial score (nSPS) is 10.7. The van der Waals surface area contributed by atoms with Gasteiger partial charge in [-0.2, -0.15) is 4.98 Å². The van der Waals surface area contributed by atoms with Crippen LogP contribution in [0.3, 0.4) is 0 Å². The third-order valence-electron chi connectivity index (χ3n) is 3.02. The molecule has 100 valence electrons. The molecule has 0 atom stereocenters. The molecule has 0 saturated heterocycles. The summed E-state index contributed by atoms with van der Waals surface area (Å²) in [5.74, 6) is 0.318. The summed E-state index contributed by atoms with van der Waals surface area (Å²) < 4.78 is 9.65. The molecule has 5 heteroatoms. The lowest BCUT2D eigenvalue weighted by Crippen LogP contribution is -2.04. The first kappa shape index (κ1) is 12.3. The van der Waals surface area contributed by atoms with E-state index in [2.05, 4.69) is 14.9 Å². The number of rotatable bonds is 3. The third kappa shape index (κ3) is 2.25. The van der Waals surface area contributed by atoms with Crippen LogP contribution in [-0.4, -0.2) is 23.2 Å². The van der Waals surface area contributed by atoms with Crippen LogP contribution in [0.15, 0.2) is 47.0 Å². The van der Waals surface area contributed by atoms with Crippen LogP contribution in [0.2, 0.25) is 0 Å². The van der Waals surface area contributed by atoms with E-state index in [-0.39, 0.29) is 12.3 Å². The average molecular weight is 268 g/mol. The minimum Gasteiger partial charge on any atom is -0.469 e. The van der Waals surface area contributed by atoms with Gasteiger partial charge in [-0.3, -0.25) is 4.79 Å². The number of aromatic nitrogens is 2. The first-order valence-electron chi connectivity index (χ1n) is 6.15. The molecule has 0 spiro atoms. The molecule has 3 aromatic rings. The summed E-state index contributed by atoms with van der Waals surface area (Å²) in [6, 6.07) is 13.8. The first-order chi connectivity index (χ1) is 9.78. The van der Waals surface area contributed by atoms with Crippen molar-refractivity contribution in [2.24, 2.45) is 0 Å². The second-order valence-electron chi connectivity index (χ2n) is 4.29. The molecular formula is C15H12N2O3. The quantitative estimate of drug-likeness (QED) is 0.683. The fourth-order valence-corrected chi connectivity index (χ4v) is 2.05. The summed E-state index contributed by atoms with van der Waals surface area (Å²) in [4.78, 5) is 15.4. The van der Waals surface area contributed by atoms with Gasteiger partial charge in [-0.15, -0.1) is 0 Å². The van der Waals surface area contributed by atoms with Crippen molar-refractivity contribution in [2.45, 2.75) is 6.42 Å². The van der Waals surface area contributed by atoms with Crippen LogP contribution in [0, 0.1) is 0 Å². The molecule has 0 bridgehead atoms. The van der Waals surface area contributed by atoms with Gasteiger partial charge >= 0.3 is 5.97 Å². The number of carbonyl (C=O) groups excluding carboxylic acids is 1. The van der Waals surface area contributed by atoms with Crippen LogP contribution < -0.4 is 0 Å². The van der Waals surface area contributed by atoms with Crippen molar-refractivity contribution in [3.05, 3.63) is 48.4 Å². The molecule has 0 N–H and O–H groups in total. The first-order valence-corrected chi connectivity index (χ1v) is 6.15. The Morgan fingerprint density at radius 3 is 2.85 bits per heavy atom. The highest BCUT2D eigenvalue weighted by Crippen LogP contribution is 2.26. The maximum atomic E-state index is 11.2. The number of nitrogens with zero attached hydrogens (tertiary/aromatic N) is 2. The smallest absolute Gasteiger partial charge is 0.315 e. The lowest BCUT2D eigenvalue weighted by Gasteiger charge is -2.01. The van der Waals surface area contributed by atoms with E-state index in [1.165, 1.54) is 7.11 Å². The summed E-state index contributed by atoms with van der Waals surface area (Å²) in [6.07, 6.45) is -0.0196. The third-order valence-corrected chi connectivity index (χ3v) is 3.02. The van der Waals surface area contributed by atoms with Gasteiger partial charge < -0.3 is 9.26 Å². The van der Waals surface area contributed by atoms with Crippen molar-refractivity contribution in [3.63, 3.8) is 0 Å². The minimum absolute atomic E-state index is 0.0196. The van der Waals surface area contributed by atoms with Crippen LogP contribution in [0.1, 0.15) is 5.89 Å². The highest BCUT2D eigenvalue weighted by atomic mass is 16.5. The Kier molecular flexibility index (Phi) is 3.16. The predicted octanol–water partition coefficient (Wildman–Crippen LogP) is 2.61. The van der Waals surface area contributed by atoms with Crippen LogP contribution in [0.25, 0.3) is 22.2 Å². The summed E-state index contributed by atoms with van der Waals surface area (Å²) in [5.41, 5.74) is 0.878. The van der Waals surface area contributed by atoms with Gasteiger partial charge in [-0.1, -0.05) is 47.6 Å². The molecule has 20 heavy (non-hydrogen) atoms. The van der Waals surface area contributed by atoms with Crippen molar-refractivity contribution in [1.29, 1.82) is 0 Å². The van der Waals surface area contributed by atoms with Crippen molar-refractivity contribution in [1.82, 2.24) is 10.1 Å². The zero-order valence-corrected chi connectivity index (χ0v) is 10.9. The highest BCUT2D eigenvalue weighted by Gasteiger charge is 2.14. The number of ether oxygens (including phenoxy) is 1. The molecule has 1 heterocycles. The van der Waals surface area contributed by atoms with Gasteiger partial charge in [0.25, 0.3) is 0 Å². The summed E-state index contributed by atoms with van der Waals surface area (Å²) in [6.45, 7) is 0. The molecule has 0 unspecified atom stereocenters. The molecule has 0 fully saturated rings. The number of fused-ring (bicyclic) bond motifs is 1. The Morgan fingerprint density at radius 2 is 2.00 bits per heavy atom. The van der Waals surface area contributed by atoms with E-state index >= 15 is 0 Å². The van der Waals surface area contributed by atoms with E-state index in [1.54, 1.807) is 0 Å². The Labute approximate surface area is 115 Å². The molecule has 5 nitrogen and oxygen atoms in total. The molecule has 0 aliphatic rings. The van der Waals surface area contributed by atoms with Gasteiger partial charge in [0.2, 0.25) is 11.7 Å². The molecule has 2 aromatic carbocycles. The second kappa shape index (κ2) is 5.13. The van der Waals surface area contributed by atoms with Gasteiger partial charge in [0.15, 0.2) is 0 Å². The average Bonchev–Trinajstić information content (AvgIpc) is 2.94. The van der Waals surface area contributed by atoms with E-state index in [4.69, 9.17) is 4.52 Å². The Hall–Kier alpha value is -2.69. The van der Waals surface area contributed by atoms with Crippen molar-refractivity contribution in [3.8, 4) is 11.4 Å². The minimum atomic E-state index is -0.405. The number of benzene rings is 2. The van der Waals surface area contributed by atoms with Crippen LogP contribution in [-0.2, 0) is 16.0 Å². The molecule has 0 aliphatic carbocycles. The van der Waals surface area contributed by atoms with Crippen LogP contribution in [0.5, 0.6) is 0 Å². The topological polar surface area (TPSA) is 65.2 Å². The largest absolute Gasteiger partial charge is 0.469 e. The fourth-order valence-electron chi connectivity index (χ4n) is 2.05. The fraction of sp³-hybridized carbons (Fsp3) is 0.133. The van der Waals surface area contributed by atoms with Gasteiger partial charge in [0, 0.05) is 5.56 Å². The lowest BCUT2D eigenvalue weighted by atomic mass is 10.0. The summed E-state index contributed by atoms with van der Waals surface area (Å²) >= 11 is 0. The number of hydrogen-bond donors (Lipinski definition) is 0. The predicted molar refractivity (Wildman–Crippen MR) is 73.0 cm³/mol. The molecule has 0 saturated carbocycles. The lowest BCUT2D eigenvalue weighted by molar-refractivity contribution is -0.140. The summed E-state index contributed by atoms with van der Waals surface area (Å²) in [7, 11) is 1.32. The monoisotopic (exact) mass is 268 g/mol. The van der Waals surface area contributed by atoms with Gasteiger partial charge in [-0.05, 0) is 10.8 Å². The Bertz CT molecular complexity index is 759. The second-order valence-corrected chi connectivity index (χ2v) is 4.29. The molecular weight excluding hydrogens is 256 g/mol. The molecule has 0 aliphatic heterocycles. The van der Waals surface area contributed by atoms with E-state index < -0.39 is 5.97 Å². The molecule has 0 amide bonds. The maximum absolute atomic E-state index is 11.2. The standard InChI is InChI=1S/C15H12N2O3/c1-19-14(18)9-13-16-15(17-20-13)12-8-4-6-10-5-2-3-7-11(10)12/h2-8H,9H2,1H3. The van der Waals surface area contributed by atoms with Gasteiger partial charge in [-0.25, -0.2) is 0 Å². The van der Waals surface area contributed by atoms with E-state index in [9.17, 15) is 4.79 Å². The number of carbonyl (C=O) groups is 1. The van der Waals surface area contributed by atoms with E-state index in [1.807, 2.05) is 42.5 Å². The zero-order chi connectivity index (χ0) is 13.9. The Morgan fingerprint density at radius 1 is 1.20 bits per heavy atom. The highest BCUT2D eigenvalue weighted by molar-refractivity contribution is 5.94. The van der Waals surface area contributed by atoms with Crippen molar-refractivity contribution in [2.75, 3.05) is 7.11 Å². The molecule has 3 rings (SSSR count). The van der Waals surface area contributed by atoms with Gasteiger partial charge in [0.05, 0.1) is 7.11 Å². The number of hydrogen-bond acceptors (Lipinski definition) is 5. The van der Waals surface area contributed by atoms with Crippen LogP contribution in [0.4, 0.5) is 0 Å². The zero-order valence-electron chi connectivity index (χ0n) is 10.9.